The van der Waals surface area contributed by atoms with Gasteiger partial charge in [0.25, 0.3) is 0 Å². The van der Waals surface area contributed by atoms with Crippen LogP contribution in [-0.4, -0.2) is 10.5 Å². The number of para-hydroxylation sites is 1. The van der Waals surface area contributed by atoms with Crippen molar-refractivity contribution < 1.29 is 4.79 Å². The van der Waals surface area contributed by atoms with Crippen molar-refractivity contribution in [3.05, 3.63) is 71.9 Å². The van der Waals surface area contributed by atoms with Gasteiger partial charge in [-0.15, -0.1) is 0 Å². The Labute approximate surface area is 135 Å². The van der Waals surface area contributed by atoms with Crippen LogP contribution in [0.3, 0.4) is 0 Å². The van der Waals surface area contributed by atoms with Gasteiger partial charge in [-0.25, -0.2) is 0 Å². The zero-order chi connectivity index (χ0) is 16.2. The van der Waals surface area contributed by atoms with E-state index in [1.165, 1.54) is 0 Å². The molecule has 2 aromatic carbocycles. The highest BCUT2D eigenvalue weighted by Gasteiger charge is 2.13. The van der Waals surface area contributed by atoms with E-state index in [1.807, 2.05) is 66.1 Å². The summed E-state index contributed by atoms with van der Waals surface area (Å²) in [7, 11) is 0. The molecule has 114 valence electrons. The lowest BCUT2D eigenvalue weighted by molar-refractivity contribution is -0.122. The summed E-state index contributed by atoms with van der Waals surface area (Å²) in [6.45, 7) is 2.15. The second-order valence-electron chi connectivity index (χ2n) is 5.50. The largest absolute Gasteiger partial charge is 0.348 e. The van der Waals surface area contributed by atoms with Gasteiger partial charge in [0.15, 0.2) is 0 Å². The minimum absolute atomic E-state index is 0.0547. The van der Waals surface area contributed by atoms with Crippen LogP contribution >= 0.6 is 0 Å². The number of aromatic nitrogens is 1. The molecule has 0 unspecified atom stereocenters. The van der Waals surface area contributed by atoms with E-state index >= 15 is 0 Å². The molecule has 1 amide bonds. The maximum Gasteiger partial charge on any atom is 0.240 e. The molecule has 0 aliphatic rings. The van der Waals surface area contributed by atoms with Gasteiger partial charge in [-0.1, -0.05) is 48.5 Å². The van der Waals surface area contributed by atoms with Gasteiger partial charge in [-0.2, -0.15) is 5.26 Å². The van der Waals surface area contributed by atoms with Crippen molar-refractivity contribution in [1.82, 2.24) is 9.88 Å². The Kier molecular flexibility index (Phi) is 4.11. The normalized spacial score (nSPS) is 11.8. The summed E-state index contributed by atoms with van der Waals surface area (Å²) in [5.41, 5.74) is 2.55. The molecule has 23 heavy (non-hydrogen) atoms. The van der Waals surface area contributed by atoms with Crippen molar-refractivity contribution in [1.29, 1.82) is 5.26 Å². The average molecular weight is 303 g/mol. The molecule has 1 N–H and O–H groups in total. The predicted octanol–water partition coefficient (Wildman–Crippen LogP) is 3.39. The first kappa shape index (κ1) is 14.9. The fourth-order valence-corrected chi connectivity index (χ4v) is 2.73. The highest BCUT2D eigenvalue weighted by molar-refractivity contribution is 5.88. The number of hydrogen-bond acceptors (Lipinski definition) is 2. The van der Waals surface area contributed by atoms with Crippen LogP contribution in [0.1, 0.15) is 24.1 Å². The van der Waals surface area contributed by atoms with Crippen LogP contribution in [0.25, 0.3) is 10.9 Å². The van der Waals surface area contributed by atoms with E-state index in [2.05, 4.69) is 11.4 Å². The Morgan fingerprint density at radius 1 is 1.17 bits per heavy atom. The lowest BCUT2D eigenvalue weighted by Crippen LogP contribution is -2.29. The number of nitrogens with one attached hydrogen (secondary N) is 1. The Morgan fingerprint density at radius 2 is 1.87 bits per heavy atom. The minimum Gasteiger partial charge on any atom is -0.348 e. The molecule has 0 spiro atoms. The third-order valence-electron chi connectivity index (χ3n) is 3.90. The van der Waals surface area contributed by atoms with Gasteiger partial charge < -0.3 is 9.88 Å². The van der Waals surface area contributed by atoms with Crippen molar-refractivity contribution in [2.45, 2.75) is 19.5 Å². The fourth-order valence-electron chi connectivity index (χ4n) is 2.73. The van der Waals surface area contributed by atoms with Crippen LogP contribution in [0.4, 0.5) is 0 Å². The molecular weight excluding hydrogens is 286 g/mol. The van der Waals surface area contributed by atoms with Crippen LogP contribution < -0.4 is 5.32 Å². The van der Waals surface area contributed by atoms with E-state index in [1.54, 1.807) is 6.20 Å². The summed E-state index contributed by atoms with van der Waals surface area (Å²) in [6, 6.07) is 19.6. The molecule has 4 nitrogen and oxygen atoms in total. The number of carbonyl (C=O) groups is 1. The number of nitrogens with zero attached hydrogens (tertiary/aromatic N) is 2. The third-order valence-corrected chi connectivity index (χ3v) is 3.90. The summed E-state index contributed by atoms with van der Waals surface area (Å²) >= 11 is 0. The second kappa shape index (κ2) is 6.37. The first-order valence-corrected chi connectivity index (χ1v) is 7.51. The highest BCUT2D eigenvalue weighted by Crippen LogP contribution is 2.20. The van der Waals surface area contributed by atoms with Crippen molar-refractivity contribution in [2.75, 3.05) is 0 Å². The monoisotopic (exact) mass is 303 g/mol. The summed E-state index contributed by atoms with van der Waals surface area (Å²) in [5.74, 6) is -0.0772. The van der Waals surface area contributed by atoms with E-state index < -0.39 is 0 Å². The Morgan fingerprint density at radius 3 is 2.61 bits per heavy atom. The number of carbonyl (C=O) groups excluding carboxylic acids is 1. The van der Waals surface area contributed by atoms with Gasteiger partial charge in [-0.05, 0) is 18.6 Å². The van der Waals surface area contributed by atoms with Crippen LogP contribution in [-0.2, 0) is 11.3 Å². The lowest BCUT2D eigenvalue weighted by Gasteiger charge is -2.15. The average Bonchev–Trinajstić information content (AvgIpc) is 2.93. The summed E-state index contributed by atoms with van der Waals surface area (Å²) in [6.07, 6.45) is 1.73. The predicted molar refractivity (Wildman–Crippen MR) is 89.7 cm³/mol. The molecule has 0 aliphatic heterocycles. The van der Waals surface area contributed by atoms with E-state index in [9.17, 15) is 10.1 Å². The van der Waals surface area contributed by atoms with Gasteiger partial charge >= 0.3 is 0 Å². The van der Waals surface area contributed by atoms with Gasteiger partial charge in [0.05, 0.1) is 11.6 Å². The zero-order valence-electron chi connectivity index (χ0n) is 12.9. The summed E-state index contributed by atoms with van der Waals surface area (Å²) in [4.78, 5) is 12.3. The quantitative estimate of drug-likeness (QED) is 0.803. The smallest absolute Gasteiger partial charge is 0.240 e. The second-order valence-corrected chi connectivity index (χ2v) is 5.50. The van der Waals surface area contributed by atoms with Crippen molar-refractivity contribution in [3.63, 3.8) is 0 Å². The Bertz CT molecular complexity index is 875. The van der Waals surface area contributed by atoms with Gasteiger partial charge in [0.2, 0.25) is 5.91 Å². The molecule has 0 radical (unpaired) electrons. The molecule has 0 saturated carbocycles. The maximum atomic E-state index is 12.3. The van der Waals surface area contributed by atoms with Gasteiger partial charge in [-0.3, -0.25) is 4.79 Å². The number of rotatable bonds is 4. The molecule has 0 saturated heterocycles. The SMILES string of the molecule is C[C@@H](NC(=O)Cn1cc(C#N)c2ccccc21)c1ccccc1. The molecule has 1 aromatic heterocycles. The van der Waals surface area contributed by atoms with Crippen molar-refractivity contribution in [3.8, 4) is 6.07 Å². The molecule has 1 heterocycles. The van der Waals surface area contributed by atoms with Gasteiger partial charge in [0, 0.05) is 17.1 Å². The lowest BCUT2D eigenvalue weighted by atomic mass is 10.1. The number of hydrogen-bond donors (Lipinski definition) is 1. The molecule has 3 aromatic rings. The van der Waals surface area contributed by atoms with Crippen LogP contribution in [0, 0.1) is 11.3 Å². The fraction of sp³-hybridized carbons (Fsp3) is 0.158. The number of fused-ring (bicyclic) bond motifs is 1. The molecule has 0 bridgehead atoms. The molecular formula is C19H17N3O. The van der Waals surface area contributed by atoms with Crippen molar-refractivity contribution >= 4 is 16.8 Å². The summed E-state index contributed by atoms with van der Waals surface area (Å²) < 4.78 is 1.82. The molecule has 4 heteroatoms. The molecule has 0 aliphatic carbocycles. The van der Waals surface area contributed by atoms with E-state index in [0.29, 0.717) is 5.56 Å². The third kappa shape index (κ3) is 3.09. The van der Waals surface area contributed by atoms with Crippen LogP contribution in [0.15, 0.2) is 60.8 Å². The summed E-state index contributed by atoms with van der Waals surface area (Å²) in [5, 5.41) is 13.1. The minimum atomic E-state index is -0.0772. The Hall–Kier alpha value is -3.06. The topological polar surface area (TPSA) is 57.8 Å². The number of benzene rings is 2. The zero-order valence-corrected chi connectivity index (χ0v) is 12.9. The van der Waals surface area contributed by atoms with Gasteiger partial charge in [0.1, 0.15) is 12.6 Å². The first-order valence-electron chi connectivity index (χ1n) is 7.51. The van der Waals surface area contributed by atoms with Crippen LogP contribution in [0.2, 0.25) is 0 Å². The van der Waals surface area contributed by atoms with E-state index in [4.69, 9.17) is 0 Å². The van der Waals surface area contributed by atoms with Crippen molar-refractivity contribution in [2.24, 2.45) is 0 Å². The van der Waals surface area contributed by atoms with E-state index in [-0.39, 0.29) is 18.5 Å². The number of nitriles is 1. The van der Waals surface area contributed by atoms with E-state index in [0.717, 1.165) is 16.5 Å². The van der Waals surface area contributed by atoms with Crippen LogP contribution in [0.5, 0.6) is 0 Å². The highest BCUT2D eigenvalue weighted by atomic mass is 16.2. The standard InChI is InChI=1S/C19H17N3O/c1-14(15-7-3-2-4-8-15)21-19(23)13-22-12-16(11-20)17-9-5-6-10-18(17)22/h2-10,12,14H,13H2,1H3,(H,21,23)/t14-/m1/s1. The maximum absolute atomic E-state index is 12.3. The molecule has 1 atom stereocenters. The molecule has 0 fully saturated rings. The molecule has 3 rings (SSSR count). The first-order chi connectivity index (χ1) is 11.2. The Balaban J connectivity index is 1.77. The number of amides is 1.